The highest BCUT2D eigenvalue weighted by atomic mass is 16.6. The van der Waals surface area contributed by atoms with Crippen molar-refractivity contribution in [1.29, 1.82) is 0 Å². The zero-order valence-corrected chi connectivity index (χ0v) is 19.6. The fourth-order valence-electron chi connectivity index (χ4n) is 4.02. The van der Waals surface area contributed by atoms with Crippen LogP contribution in [0.2, 0.25) is 0 Å². The molecule has 3 aromatic heterocycles. The van der Waals surface area contributed by atoms with Crippen molar-refractivity contribution in [2.24, 2.45) is 0 Å². The molecule has 0 atom stereocenters. The van der Waals surface area contributed by atoms with Gasteiger partial charge in [0.2, 0.25) is 11.8 Å². The summed E-state index contributed by atoms with van der Waals surface area (Å²) in [5.41, 5.74) is 8.61. The molecule has 1 amide bonds. The predicted molar refractivity (Wildman–Crippen MR) is 131 cm³/mol. The first-order chi connectivity index (χ1) is 17.0. The number of hydrogen-bond acceptors (Lipinski definition) is 9. The number of carbonyl (C=O) groups is 1. The third kappa shape index (κ3) is 4.71. The average Bonchev–Trinajstić information content (AvgIpc) is 3.45. The summed E-state index contributed by atoms with van der Waals surface area (Å²) >= 11 is 0. The Kier molecular flexibility index (Phi) is 6.15. The number of nitrogen functional groups attached to an aromatic ring is 1. The number of anilines is 1. The van der Waals surface area contributed by atoms with Crippen LogP contribution in [0.4, 0.5) is 5.82 Å². The number of amides is 1. The van der Waals surface area contributed by atoms with Gasteiger partial charge in [-0.15, -0.1) is 0 Å². The van der Waals surface area contributed by atoms with Gasteiger partial charge in [-0.2, -0.15) is 0 Å². The minimum Gasteiger partial charge on any atom is -0.439 e. The summed E-state index contributed by atoms with van der Waals surface area (Å²) in [5.74, 6) is 1.77. The molecule has 2 N–H and O–H groups in total. The minimum atomic E-state index is 0.0168. The number of aryl methyl sites for hydroxylation is 1. The molecule has 0 bridgehead atoms. The van der Waals surface area contributed by atoms with Gasteiger partial charge in [-0.1, -0.05) is 12.1 Å². The van der Waals surface area contributed by atoms with E-state index in [1.54, 1.807) is 18.3 Å². The molecule has 0 spiro atoms. The van der Waals surface area contributed by atoms with Crippen LogP contribution in [0, 0.1) is 0 Å². The maximum atomic E-state index is 12.5. The van der Waals surface area contributed by atoms with E-state index in [-0.39, 0.29) is 11.7 Å². The molecule has 35 heavy (non-hydrogen) atoms. The van der Waals surface area contributed by atoms with Crippen molar-refractivity contribution in [2.45, 2.75) is 13.5 Å². The topological polar surface area (TPSA) is 128 Å². The van der Waals surface area contributed by atoms with E-state index < -0.39 is 0 Å². The maximum absolute atomic E-state index is 12.5. The van der Waals surface area contributed by atoms with Crippen molar-refractivity contribution in [3.63, 3.8) is 0 Å². The van der Waals surface area contributed by atoms with Crippen LogP contribution in [0.25, 0.3) is 28.6 Å². The molecule has 1 aliphatic heterocycles. The first kappa shape index (κ1) is 22.5. The second-order valence-corrected chi connectivity index (χ2v) is 8.33. The fourth-order valence-corrected chi connectivity index (χ4v) is 4.02. The van der Waals surface area contributed by atoms with Gasteiger partial charge in [-0.3, -0.25) is 4.79 Å². The fraction of sp³-hybridized carbons (Fsp3) is 0.292. The second-order valence-electron chi connectivity index (χ2n) is 8.33. The average molecular weight is 475 g/mol. The Morgan fingerprint density at radius 3 is 2.77 bits per heavy atom. The normalized spacial score (nSPS) is 14.7. The molecule has 1 aliphatic rings. The standard InChI is InChI=1S/C24H26N8O3/c1-3-32-19-14-20(26-15-18(19)27-24(32)22-23(25)29-35-28-22)34-17-6-4-5-16(13-17)7-8-21(33)31-11-9-30(2)10-12-31/h4-8,13-15H,3,9-12H2,1-2H3,(H2,25,29). The summed E-state index contributed by atoms with van der Waals surface area (Å²) in [4.78, 5) is 25.6. The number of fused-ring (bicyclic) bond motifs is 1. The van der Waals surface area contributed by atoms with E-state index in [0.717, 1.165) is 37.3 Å². The molecule has 4 heterocycles. The van der Waals surface area contributed by atoms with Gasteiger partial charge in [0.05, 0.1) is 11.7 Å². The number of aromatic nitrogens is 5. The van der Waals surface area contributed by atoms with Crippen LogP contribution in [0.1, 0.15) is 12.5 Å². The van der Waals surface area contributed by atoms with Gasteiger partial charge in [-0.05, 0) is 48.1 Å². The lowest BCUT2D eigenvalue weighted by Gasteiger charge is -2.31. The zero-order chi connectivity index (χ0) is 24.4. The van der Waals surface area contributed by atoms with Crippen molar-refractivity contribution >= 4 is 28.8 Å². The summed E-state index contributed by atoms with van der Waals surface area (Å²) in [6.07, 6.45) is 5.06. The smallest absolute Gasteiger partial charge is 0.246 e. The van der Waals surface area contributed by atoms with Crippen LogP contribution < -0.4 is 10.5 Å². The molecule has 11 heteroatoms. The zero-order valence-electron chi connectivity index (χ0n) is 19.6. The number of ether oxygens (including phenoxy) is 1. The van der Waals surface area contributed by atoms with Crippen LogP contribution in [0.3, 0.4) is 0 Å². The second kappa shape index (κ2) is 9.55. The molecule has 1 fully saturated rings. The van der Waals surface area contributed by atoms with E-state index in [0.29, 0.717) is 35.2 Å². The van der Waals surface area contributed by atoms with E-state index in [1.807, 2.05) is 46.7 Å². The van der Waals surface area contributed by atoms with Gasteiger partial charge in [0.25, 0.3) is 0 Å². The maximum Gasteiger partial charge on any atom is 0.246 e. The van der Waals surface area contributed by atoms with Crippen LogP contribution in [0.5, 0.6) is 11.6 Å². The van der Waals surface area contributed by atoms with E-state index >= 15 is 0 Å². The van der Waals surface area contributed by atoms with Gasteiger partial charge < -0.3 is 24.8 Å². The SMILES string of the molecule is CCn1c(-c2nonc2N)nc2cnc(Oc3cccc(C=CC(=O)N4CCN(C)CC4)c3)cc21. The molecule has 0 aliphatic carbocycles. The lowest BCUT2D eigenvalue weighted by Crippen LogP contribution is -2.46. The molecule has 0 radical (unpaired) electrons. The van der Waals surface area contributed by atoms with Crippen molar-refractivity contribution in [3.05, 3.63) is 48.2 Å². The monoisotopic (exact) mass is 474 g/mol. The number of likely N-dealkylation sites (N-methyl/N-ethyl adjacent to an activating group) is 1. The van der Waals surface area contributed by atoms with Gasteiger partial charge in [0.1, 0.15) is 11.3 Å². The number of hydrogen-bond donors (Lipinski definition) is 1. The van der Waals surface area contributed by atoms with Gasteiger partial charge in [0, 0.05) is 44.9 Å². The number of nitrogens with zero attached hydrogens (tertiary/aromatic N) is 7. The van der Waals surface area contributed by atoms with Crippen molar-refractivity contribution in [3.8, 4) is 23.1 Å². The van der Waals surface area contributed by atoms with E-state index in [1.165, 1.54) is 0 Å². The Morgan fingerprint density at radius 2 is 2.03 bits per heavy atom. The number of carbonyl (C=O) groups excluding carboxylic acids is 1. The van der Waals surface area contributed by atoms with Crippen LogP contribution in [0.15, 0.2) is 47.2 Å². The van der Waals surface area contributed by atoms with Crippen LogP contribution in [-0.2, 0) is 11.3 Å². The molecule has 11 nitrogen and oxygen atoms in total. The number of imidazole rings is 1. The Bertz CT molecular complexity index is 1380. The van der Waals surface area contributed by atoms with Crippen molar-refractivity contribution in [2.75, 3.05) is 39.0 Å². The minimum absolute atomic E-state index is 0.0168. The Balaban J connectivity index is 1.34. The summed E-state index contributed by atoms with van der Waals surface area (Å²) in [7, 11) is 2.06. The quantitative estimate of drug-likeness (QED) is 0.419. The number of piperazine rings is 1. The first-order valence-electron chi connectivity index (χ1n) is 11.4. The van der Waals surface area contributed by atoms with Crippen molar-refractivity contribution in [1.82, 2.24) is 34.6 Å². The summed E-state index contributed by atoms with van der Waals surface area (Å²) < 4.78 is 12.7. The molecule has 180 valence electrons. The van der Waals surface area contributed by atoms with Crippen LogP contribution in [-0.4, -0.2) is 73.8 Å². The Hall–Kier alpha value is -4.25. The number of rotatable bonds is 6. The molecule has 1 saturated heterocycles. The summed E-state index contributed by atoms with van der Waals surface area (Å²) in [5, 5.41) is 7.51. The molecule has 0 saturated carbocycles. The number of benzene rings is 1. The van der Waals surface area contributed by atoms with Gasteiger partial charge >= 0.3 is 0 Å². The highest BCUT2D eigenvalue weighted by Crippen LogP contribution is 2.29. The van der Waals surface area contributed by atoms with Gasteiger partial charge in [-0.25, -0.2) is 14.6 Å². The Morgan fingerprint density at radius 1 is 1.20 bits per heavy atom. The van der Waals surface area contributed by atoms with Crippen LogP contribution >= 0.6 is 0 Å². The molecular formula is C24H26N8O3. The van der Waals surface area contributed by atoms with Gasteiger partial charge in [0.15, 0.2) is 17.3 Å². The van der Waals surface area contributed by atoms with Crippen molar-refractivity contribution < 1.29 is 14.2 Å². The largest absolute Gasteiger partial charge is 0.439 e. The lowest BCUT2D eigenvalue weighted by molar-refractivity contribution is -0.127. The third-order valence-electron chi connectivity index (χ3n) is 5.97. The number of nitrogens with two attached hydrogens (primary N) is 1. The highest BCUT2D eigenvalue weighted by Gasteiger charge is 2.19. The number of pyridine rings is 1. The molecular weight excluding hydrogens is 448 g/mol. The Labute approximate surface area is 201 Å². The van der Waals surface area contributed by atoms with E-state index in [2.05, 4.69) is 32.2 Å². The van der Waals surface area contributed by atoms with E-state index in [9.17, 15) is 4.79 Å². The molecule has 0 unspecified atom stereocenters. The predicted octanol–water partition coefficient (Wildman–Crippen LogP) is 2.66. The molecule has 1 aromatic carbocycles. The molecule has 5 rings (SSSR count). The third-order valence-corrected chi connectivity index (χ3v) is 5.97. The summed E-state index contributed by atoms with van der Waals surface area (Å²) in [6.45, 7) is 5.89. The molecule has 4 aromatic rings. The highest BCUT2D eigenvalue weighted by molar-refractivity contribution is 5.92. The van der Waals surface area contributed by atoms with E-state index in [4.69, 9.17) is 15.1 Å². The first-order valence-corrected chi connectivity index (χ1v) is 11.4. The summed E-state index contributed by atoms with van der Waals surface area (Å²) in [6, 6.07) is 9.33. The lowest BCUT2D eigenvalue weighted by atomic mass is 10.2.